The first kappa shape index (κ1) is 13.7. The van der Waals surface area contributed by atoms with E-state index in [1.807, 2.05) is 0 Å². The van der Waals surface area contributed by atoms with Crippen molar-refractivity contribution in [2.24, 2.45) is 5.92 Å². The van der Waals surface area contributed by atoms with E-state index in [4.69, 9.17) is 0 Å². The summed E-state index contributed by atoms with van der Waals surface area (Å²) in [5, 5.41) is 3.69. The minimum Gasteiger partial charge on any atom is -0.312 e. The molecule has 1 aliphatic heterocycles. The van der Waals surface area contributed by atoms with E-state index in [0.717, 1.165) is 12.5 Å². The zero-order valence-corrected chi connectivity index (χ0v) is 11.4. The van der Waals surface area contributed by atoms with Gasteiger partial charge in [-0.1, -0.05) is 31.9 Å². The van der Waals surface area contributed by atoms with Crippen molar-refractivity contribution in [3.63, 3.8) is 0 Å². The number of rotatable bonds is 4. The molecule has 2 heteroatoms. The Balaban J connectivity index is 2.48. The van der Waals surface area contributed by atoms with Crippen molar-refractivity contribution in [3.05, 3.63) is 11.6 Å². The van der Waals surface area contributed by atoms with E-state index in [-0.39, 0.29) is 0 Å². The van der Waals surface area contributed by atoms with Crippen LogP contribution < -0.4 is 5.32 Å². The second-order valence-corrected chi connectivity index (χ2v) is 5.34. The van der Waals surface area contributed by atoms with Gasteiger partial charge in [-0.25, -0.2) is 0 Å². The third kappa shape index (κ3) is 4.67. The molecule has 1 saturated heterocycles. The molecule has 0 aromatic rings. The van der Waals surface area contributed by atoms with Gasteiger partial charge in [-0.05, 0) is 39.3 Å². The molecule has 0 amide bonds. The van der Waals surface area contributed by atoms with Crippen molar-refractivity contribution in [2.75, 3.05) is 26.2 Å². The molecule has 1 heterocycles. The Morgan fingerprint density at radius 2 is 2.25 bits per heavy atom. The maximum Gasteiger partial charge on any atom is 0.0220 e. The van der Waals surface area contributed by atoms with Gasteiger partial charge < -0.3 is 5.32 Å². The highest BCUT2D eigenvalue weighted by molar-refractivity contribution is 4.96. The standard InChI is InChI=1S/C14H28N2/c1-5-13(4)14-11-16(9-6-8-15-14)10-7-12(2)3/h7,13-15H,5-6,8-11H2,1-4H3. The first-order valence-corrected chi connectivity index (χ1v) is 6.72. The lowest BCUT2D eigenvalue weighted by Crippen LogP contribution is -2.42. The molecule has 16 heavy (non-hydrogen) atoms. The summed E-state index contributed by atoms with van der Waals surface area (Å²) >= 11 is 0. The van der Waals surface area contributed by atoms with Crippen LogP contribution in [-0.2, 0) is 0 Å². The highest BCUT2D eigenvalue weighted by Crippen LogP contribution is 2.12. The molecule has 0 aromatic heterocycles. The maximum atomic E-state index is 3.69. The van der Waals surface area contributed by atoms with Gasteiger partial charge in [-0.3, -0.25) is 4.90 Å². The molecule has 2 nitrogen and oxygen atoms in total. The van der Waals surface area contributed by atoms with Crippen LogP contribution in [-0.4, -0.2) is 37.1 Å². The van der Waals surface area contributed by atoms with Crippen LogP contribution in [0.3, 0.4) is 0 Å². The van der Waals surface area contributed by atoms with Gasteiger partial charge in [0.25, 0.3) is 0 Å². The van der Waals surface area contributed by atoms with E-state index in [1.54, 1.807) is 0 Å². The Hall–Kier alpha value is -0.340. The molecule has 2 atom stereocenters. The van der Waals surface area contributed by atoms with Crippen LogP contribution in [0.1, 0.15) is 40.5 Å². The van der Waals surface area contributed by atoms with Gasteiger partial charge >= 0.3 is 0 Å². The fraction of sp³-hybridized carbons (Fsp3) is 0.857. The maximum absolute atomic E-state index is 3.69. The number of hydrogen-bond acceptors (Lipinski definition) is 2. The lowest BCUT2D eigenvalue weighted by atomic mass is 9.99. The topological polar surface area (TPSA) is 15.3 Å². The summed E-state index contributed by atoms with van der Waals surface area (Å²) in [7, 11) is 0. The Labute approximate surface area is 101 Å². The quantitative estimate of drug-likeness (QED) is 0.739. The summed E-state index contributed by atoms with van der Waals surface area (Å²) in [6.45, 7) is 13.8. The summed E-state index contributed by atoms with van der Waals surface area (Å²) in [6, 6.07) is 0.679. The van der Waals surface area contributed by atoms with E-state index in [2.05, 4.69) is 44.0 Å². The molecule has 1 aliphatic rings. The Kier molecular flexibility index (Phi) is 6.07. The lowest BCUT2D eigenvalue weighted by Gasteiger charge is -2.27. The zero-order valence-electron chi connectivity index (χ0n) is 11.4. The summed E-state index contributed by atoms with van der Waals surface area (Å²) in [4.78, 5) is 2.59. The van der Waals surface area contributed by atoms with Crippen molar-refractivity contribution in [3.8, 4) is 0 Å². The minimum atomic E-state index is 0.679. The number of hydrogen-bond donors (Lipinski definition) is 1. The second kappa shape index (κ2) is 7.08. The second-order valence-electron chi connectivity index (χ2n) is 5.34. The SMILES string of the molecule is CCC(C)C1CN(CC=C(C)C)CCCN1. The molecule has 0 bridgehead atoms. The highest BCUT2D eigenvalue weighted by atomic mass is 15.2. The van der Waals surface area contributed by atoms with Crippen molar-refractivity contribution in [1.29, 1.82) is 0 Å². The van der Waals surface area contributed by atoms with Crippen LogP contribution in [0.25, 0.3) is 0 Å². The van der Waals surface area contributed by atoms with Crippen LogP contribution in [0.2, 0.25) is 0 Å². The molecule has 0 saturated carbocycles. The Morgan fingerprint density at radius 1 is 1.50 bits per heavy atom. The summed E-state index contributed by atoms with van der Waals surface area (Å²) in [5.41, 5.74) is 1.43. The van der Waals surface area contributed by atoms with Crippen molar-refractivity contribution in [2.45, 2.75) is 46.6 Å². The van der Waals surface area contributed by atoms with Crippen LogP contribution in [0.15, 0.2) is 11.6 Å². The third-order valence-corrected chi connectivity index (χ3v) is 3.60. The van der Waals surface area contributed by atoms with Gasteiger partial charge in [-0.15, -0.1) is 0 Å². The largest absolute Gasteiger partial charge is 0.312 e. The molecule has 2 unspecified atom stereocenters. The first-order chi connectivity index (χ1) is 7.63. The summed E-state index contributed by atoms with van der Waals surface area (Å²) < 4.78 is 0. The zero-order chi connectivity index (χ0) is 12.0. The van der Waals surface area contributed by atoms with Crippen LogP contribution in [0, 0.1) is 5.92 Å². The van der Waals surface area contributed by atoms with Gasteiger partial charge in [0, 0.05) is 19.1 Å². The molecule has 0 aliphatic carbocycles. The van der Waals surface area contributed by atoms with Crippen LogP contribution in [0.5, 0.6) is 0 Å². The van der Waals surface area contributed by atoms with E-state index in [0.29, 0.717) is 6.04 Å². The lowest BCUT2D eigenvalue weighted by molar-refractivity contribution is 0.257. The molecule has 0 radical (unpaired) electrons. The molecular weight excluding hydrogens is 196 g/mol. The minimum absolute atomic E-state index is 0.679. The number of allylic oxidation sites excluding steroid dienone is 1. The van der Waals surface area contributed by atoms with Crippen LogP contribution in [0.4, 0.5) is 0 Å². The van der Waals surface area contributed by atoms with Gasteiger partial charge in [0.1, 0.15) is 0 Å². The van der Waals surface area contributed by atoms with Gasteiger partial charge in [0.15, 0.2) is 0 Å². The molecule has 94 valence electrons. The highest BCUT2D eigenvalue weighted by Gasteiger charge is 2.20. The average Bonchev–Trinajstić information content (AvgIpc) is 2.50. The molecule has 1 rings (SSSR count). The Bertz CT molecular complexity index is 219. The molecule has 1 N–H and O–H groups in total. The monoisotopic (exact) mass is 224 g/mol. The molecule has 0 spiro atoms. The third-order valence-electron chi connectivity index (χ3n) is 3.60. The van der Waals surface area contributed by atoms with E-state index >= 15 is 0 Å². The van der Waals surface area contributed by atoms with E-state index < -0.39 is 0 Å². The first-order valence-electron chi connectivity index (χ1n) is 6.72. The predicted molar refractivity (Wildman–Crippen MR) is 71.7 cm³/mol. The van der Waals surface area contributed by atoms with Gasteiger partial charge in [-0.2, -0.15) is 0 Å². The fourth-order valence-electron chi connectivity index (χ4n) is 2.17. The van der Waals surface area contributed by atoms with Crippen LogP contribution >= 0.6 is 0 Å². The van der Waals surface area contributed by atoms with E-state index in [1.165, 1.54) is 38.0 Å². The van der Waals surface area contributed by atoms with Gasteiger partial charge in [0.2, 0.25) is 0 Å². The molecule has 0 aromatic carbocycles. The normalized spacial score (nSPS) is 24.9. The summed E-state index contributed by atoms with van der Waals surface area (Å²) in [6.07, 6.45) is 4.90. The van der Waals surface area contributed by atoms with Gasteiger partial charge in [0.05, 0.1) is 0 Å². The smallest absolute Gasteiger partial charge is 0.0220 e. The average molecular weight is 224 g/mol. The molecule has 1 fully saturated rings. The predicted octanol–water partition coefficient (Wildman–Crippen LogP) is 2.66. The van der Waals surface area contributed by atoms with E-state index in [9.17, 15) is 0 Å². The summed E-state index contributed by atoms with van der Waals surface area (Å²) in [5.74, 6) is 0.785. The van der Waals surface area contributed by atoms with Crippen molar-refractivity contribution in [1.82, 2.24) is 10.2 Å². The number of nitrogens with one attached hydrogen (secondary N) is 1. The molecular formula is C14H28N2. The number of nitrogens with zero attached hydrogens (tertiary/aromatic N) is 1. The Morgan fingerprint density at radius 3 is 2.88 bits per heavy atom. The van der Waals surface area contributed by atoms with Crippen molar-refractivity contribution >= 4 is 0 Å². The van der Waals surface area contributed by atoms with Crippen molar-refractivity contribution < 1.29 is 0 Å². The fourth-order valence-corrected chi connectivity index (χ4v) is 2.17.